The third kappa shape index (κ3) is 4.66. The van der Waals surface area contributed by atoms with Crippen LogP contribution in [0, 0.1) is 0 Å². The van der Waals surface area contributed by atoms with Gasteiger partial charge in [0.05, 0.1) is 5.69 Å². The molecule has 0 saturated carbocycles. The van der Waals surface area contributed by atoms with Crippen LogP contribution in [-0.2, 0) is 0 Å². The fourth-order valence-corrected chi connectivity index (χ4v) is 1.69. The van der Waals surface area contributed by atoms with Crippen LogP contribution < -0.4 is 10.6 Å². The Morgan fingerprint density at radius 3 is 2.75 bits per heavy atom. The lowest BCUT2D eigenvalue weighted by Crippen LogP contribution is -2.29. The summed E-state index contributed by atoms with van der Waals surface area (Å²) in [6.07, 6.45) is 3.34. The SMILES string of the molecule is CCCCCNC(=O)Nc1ccccc1Br. The Labute approximate surface area is 105 Å². The van der Waals surface area contributed by atoms with Gasteiger partial charge >= 0.3 is 6.03 Å². The molecule has 0 spiro atoms. The number of rotatable bonds is 5. The summed E-state index contributed by atoms with van der Waals surface area (Å²) in [5, 5.41) is 5.61. The van der Waals surface area contributed by atoms with Crippen molar-refractivity contribution in [2.24, 2.45) is 0 Å². The van der Waals surface area contributed by atoms with E-state index in [1.54, 1.807) is 0 Å². The highest BCUT2D eigenvalue weighted by molar-refractivity contribution is 9.10. The zero-order chi connectivity index (χ0) is 11.8. The summed E-state index contributed by atoms with van der Waals surface area (Å²) < 4.78 is 0.888. The maximum Gasteiger partial charge on any atom is 0.319 e. The van der Waals surface area contributed by atoms with Gasteiger partial charge in [0.2, 0.25) is 0 Å². The Kier molecular flexibility index (Phi) is 5.93. The minimum Gasteiger partial charge on any atom is -0.338 e. The van der Waals surface area contributed by atoms with Crippen molar-refractivity contribution >= 4 is 27.6 Å². The summed E-state index contributed by atoms with van der Waals surface area (Å²) in [5.41, 5.74) is 0.787. The summed E-state index contributed by atoms with van der Waals surface area (Å²) in [5.74, 6) is 0. The molecule has 1 rings (SSSR count). The maximum atomic E-state index is 11.5. The van der Waals surface area contributed by atoms with E-state index in [4.69, 9.17) is 0 Å². The van der Waals surface area contributed by atoms with Gasteiger partial charge in [-0.3, -0.25) is 0 Å². The lowest BCUT2D eigenvalue weighted by atomic mass is 10.2. The molecule has 2 amide bonds. The maximum absolute atomic E-state index is 11.5. The average Bonchev–Trinajstić information content (AvgIpc) is 2.28. The molecule has 0 radical (unpaired) electrons. The van der Waals surface area contributed by atoms with E-state index in [9.17, 15) is 4.79 Å². The highest BCUT2D eigenvalue weighted by Crippen LogP contribution is 2.20. The summed E-state index contributed by atoms with van der Waals surface area (Å²) in [7, 11) is 0. The first kappa shape index (κ1) is 13.0. The molecule has 1 aromatic rings. The van der Waals surface area contributed by atoms with E-state index in [0.717, 1.165) is 36.0 Å². The molecule has 0 aliphatic heterocycles. The highest BCUT2D eigenvalue weighted by Gasteiger charge is 2.02. The predicted octanol–water partition coefficient (Wildman–Crippen LogP) is 3.76. The number of urea groups is 1. The van der Waals surface area contributed by atoms with Crippen molar-refractivity contribution in [3.63, 3.8) is 0 Å². The van der Waals surface area contributed by atoms with Crippen molar-refractivity contribution in [1.29, 1.82) is 0 Å². The van der Waals surface area contributed by atoms with E-state index in [1.165, 1.54) is 0 Å². The summed E-state index contributed by atoms with van der Waals surface area (Å²) in [6.45, 7) is 2.87. The smallest absolute Gasteiger partial charge is 0.319 e. The molecule has 0 atom stereocenters. The molecule has 3 nitrogen and oxygen atoms in total. The van der Waals surface area contributed by atoms with E-state index >= 15 is 0 Å². The first-order chi connectivity index (χ1) is 7.74. The Hall–Kier alpha value is -1.03. The van der Waals surface area contributed by atoms with Gasteiger partial charge in [0.25, 0.3) is 0 Å². The molecule has 0 bridgehead atoms. The molecule has 0 aliphatic rings. The normalized spacial score (nSPS) is 9.88. The zero-order valence-electron chi connectivity index (χ0n) is 9.42. The van der Waals surface area contributed by atoms with Gasteiger partial charge < -0.3 is 10.6 Å². The van der Waals surface area contributed by atoms with Crippen molar-refractivity contribution in [2.45, 2.75) is 26.2 Å². The standard InChI is InChI=1S/C12H17BrN2O/c1-2-3-6-9-14-12(16)15-11-8-5-4-7-10(11)13/h4-5,7-8H,2-3,6,9H2,1H3,(H2,14,15,16). The lowest BCUT2D eigenvalue weighted by molar-refractivity contribution is 0.252. The number of carbonyl (C=O) groups excluding carboxylic acids is 1. The lowest BCUT2D eigenvalue weighted by Gasteiger charge is -2.08. The quantitative estimate of drug-likeness (QED) is 0.795. The predicted molar refractivity (Wildman–Crippen MR) is 70.7 cm³/mol. The number of para-hydroxylation sites is 1. The summed E-state index contributed by atoms with van der Waals surface area (Å²) in [4.78, 5) is 11.5. The minimum atomic E-state index is -0.150. The topological polar surface area (TPSA) is 41.1 Å². The number of nitrogens with one attached hydrogen (secondary N) is 2. The van der Waals surface area contributed by atoms with Crippen molar-refractivity contribution in [1.82, 2.24) is 5.32 Å². The van der Waals surface area contributed by atoms with Gasteiger partial charge in [0.15, 0.2) is 0 Å². The Balaban J connectivity index is 2.32. The summed E-state index contributed by atoms with van der Waals surface area (Å²) in [6, 6.07) is 7.40. The second-order valence-corrected chi connectivity index (χ2v) is 4.42. The number of amides is 2. The largest absolute Gasteiger partial charge is 0.338 e. The van der Waals surface area contributed by atoms with Gasteiger partial charge in [-0.05, 0) is 34.5 Å². The van der Waals surface area contributed by atoms with Gasteiger partial charge in [0.1, 0.15) is 0 Å². The first-order valence-corrected chi connectivity index (χ1v) is 6.32. The third-order valence-electron chi connectivity index (χ3n) is 2.19. The molecule has 0 unspecified atom stereocenters. The molecule has 0 heterocycles. The molecule has 88 valence electrons. The van der Waals surface area contributed by atoms with Gasteiger partial charge in [0, 0.05) is 11.0 Å². The van der Waals surface area contributed by atoms with Crippen molar-refractivity contribution in [2.75, 3.05) is 11.9 Å². The number of carbonyl (C=O) groups is 1. The van der Waals surface area contributed by atoms with Crippen molar-refractivity contribution in [3.8, 4) is 0 Å². The molecular weight excluding hydrogens is 268 g/mol. The minimum absolute atomic E-state index is 0.150. The van der Waals surface area contributed by atoms with Crippen LogP contribution in [0.3, 0.4) is 0 Å². The molecule has 0 fully saturated rings. The zero-order valence-corrected chi connectivity index (χ0v) is 11.0. The molecule has 1 aromatic carbocycles. The molecule has 4 heteroatoms. The number of benzene rings is 1. The number of halogens is 1. The van der Waals surface area contributed by atoms with Crippen molar-refractivity contribution < 1.29 is 4.79 Å². The third-order valence-corrected chi connectivity index (χ3v) is 2.88. The van der Waals surface area contributed by atoms with Crippen LogP contribution in [0.4, 0.5) is 10.5 Å². The Bertz CT molecular complexity index is 342. The van der Waals surface area contributed by atoms with Crippen LogP contribution >= 0.6 is 15.9 Å². The van der Waals surface area contributed by atoms with E-state index in [0.29, 0.717) is 0 Å². The van der Waals surface area contributed by atoms with E-state index in [1.807, 2.05) is 24.3 Å². The molecule has 0 saturated heterocycles. The van der Waals surface area contributed by atoms with Gasteiger partial charge in [-0.15, -0.1) is 0 Å². The van der Waals surface area contributed by atoms with Crippen LogP contribution in [-0.4, -0.2) is 12.6 Å². The van der Waals surface area contributed by atoms with Gasteiger partial charge in [-0.25, -0.2) is 4.79 Å². The fraction of sp³-hybridized carbons (Fsp3) is 0.417. The number of hydrogen-bond acceptors (Lipinski definition) is 1. The van der Waals surface area contributed by atoms with E-state index < -0.39 is 0 Å². The van der Waals surface area contributed by atoms with Crippen LogP contribution in [0.5, 0.6) is 0 Å². The Morgan fingerprint density at radius 2 is 2.06 bits per heavy atom. The van der Waals surface area contributed by atoms with Crippen LogP contribution in [0.25, 0.3) is 0 Å². The Morgan fingerprint density at radius 1 is 1.31 bits per heavy atom. The van der Waals surface area contributed by atoms with Crippen LogP contribution in [0.2, 0.25) is 0 Å². The number of hydrogen-bond donors (Lipinski definition) is 2. The molecule has 2 N–H and O–H groups in total. The fourth-order valence-electron chi connectivity index (χ4n) is 1.31. The van der Waals surface area contributed by atoms with Crippen LogP contribution in [0.1, 0.15) is 26.2 Å². The average molecular weight is 285 g/mol. The van der Waals surface area contributed by atoms with Gasteiger partial charge in [-0.1, -0.05) is 31.9 Å². The number of unbranched alkanes of at least 4 members (excludes halogenated alkanes) is 2. The number of anilines is 1. The monoisotopic (exact) mass is 284 g/mol. The van der Waals surface area contributed by atoms with Crippen LogP contribution in [0.15, 0.2) is 28.7 Å². The summed E-state index contributed by atoms with van der Waals surface area (Å²) >= 11 is 3.38. The molecule has 0 aromatic heterocycles. The van der Waals surface area contributed by atoms with E-state index in [2.05, 4.69) is 33.5 Å². The second kappa shape index (κ2) is 7.28. The molecule has 16 heavy (non-hydrogen) atoms. The first-order valence-electron chi connectivity index (χ1n) is 5.53. The van der Waals surface area contributed by atoms with E-state index in [-0.39, 0.29) is 6.03 Å². The molecular formula is C12H17BrN2O. The second-order valence-electron chi connectivity index (χ2n) is 3.57. The van der Waals surface area contributed by atoms with Gasteiger partial charge in [-0.2, -0.15) is 0 Å². The van der Waals surface area contributed by atoms with Crippen molar-refractivity contribution in [3.05, 3.63) is 28.7 Å². The highest BCUT2D eigenvalue weighted by atomic mass is 79.9. The molecule has 0 aliphatic carbocycles.